The highest BCUT2D eigenvalue weighted by molar-refractivity contribution is 7.89. The van der Waals surface area contributed by atoms with Crippen LogP contribution in [-0.2, 0) is 21.4 Å². The molecule has 1 aliphatic rings. The Balaban J connectivity index is 1.33. The molecule has 0 aliphatic carbocycles. The summed E-state index contributed by atoms with van der Waals surface area (Å²) in [7, 11) is -3.52. The van der Waals surface area contributed by atoms with E-state index in [2.05, 4.69) is 10.3 Å². The van der Waals surface area contributed by atoms with E-state index in [-0.39, 0.29) is 17.4 Å². The maximum absolute atomic E-state index is 12.7. The van der Waals surface area contributed by atoms with Gasteiger partial charge in [0.2, 0.25) is 15.9 Å². The van der Waals surface area contributed by atoms with Gasteiger partial charge in [-0.1, -0.05) is 30.3 Å². The molecule has 0 atom stereocenters. The van der Waals surface area contributed by atoms with E-state index in [4.69, 9.17) is 0 Å². The minimum atomic E-state index is -3.52. The van der Waals surface area contributed by atoms with Crippen LogP contribution in [0.25, 0.3) is 10.9 Å². The van der Waals surface area contributed by atoms with Gasteiger partial charge in [0.1, 0.15) is 6.54 Å². The Bertz CT molecular complexity index is 1340. The number of carbonyl (C=O) groups excluding carboxylic acids is 1. The molecule has 168 valence electrons. The molecule has 1 aromatic heterocycles. The van der Waals surface area contributed by atoms with Crippen molar-refractivity contribution in [2.24, 2.45) is 5.92 Å². The molecular formula is C22H24N4O5S. The van der Waals surface area contributed by atoms with Crippen molar-refractivity contribution in [2.45, 2.75) is 24.3 Å². The molecule has 0 radical (unpaired) electrons. The number of hydrogen-bond donors (Lipinski definition) is 2. The third-order valence-corrected chi connectivity index (χ3v) is 7.65. The fourth-order valence-corrected chi connectivity index (χ4v) is 5.39. The predicted octanol–water partition coefficient (Wildman–Crippen LogP) is 0.907. The number of rotatable bonds is 6. The topological polar surface area (TPSA) is 121 Å². The van der Waals surface area contributed by atoms with Crippen molar-refractivity contribution in [3.8, 4) is 0 Å². The van der Waals surface area contributed by atoms with Crippen molar-refractivity contribution in [3.63, 3.8) is 0 Å². The minimum Gasteiger partial charge on any atom is -0.354 e. The number of benzene rings is 2. The summed E-state index contributed by atoms with van der Waals surface area (Å²) in [6, 6.07) is 15.0. The Morgan fingerprint density at radius 3 is 2.38 bits per heavy atom. The maximum Gasteiger partial charge on any atom is 0.329 e. The number of aromatic nitrogens is 2. The summed E-state index contributed by atoms with van der Waals surface area (Å²) in [5.74, 6) is -0.319. The summed E-state index contributed by atoms with van der Waals surface area (Å²) in [5.41, 5.74) is -0.724. The summed E-state index contributed by atoms with van der Waals surface area (Å²) in [6.07, 6.45) is 1.23. The molecule has 2 aromatic carbocycles. The lowest BCUT2D eigenvalue weighted by Crippen LogP contribution is -2.44. The van der Waals surface area contributed by atoms with Gasteiger partial charge in [-0.25, -0.2) is 13.2 Å². The van der Waals surface area contributed by atoms with Crippen molar-refractivity contribution >= 4 is 26.8 Å². The van der Waals surface area contributed by atoms with Crippen LogP contribution in [-0.4, -0.2) is 47.8 Å². The first-order valence-electron chi connectivity index (χ1n) is 10.4. The quantitative estimate of drug-likeness (QED) is 0.571. The third-order valence-electron chi connectivity index (χ3n) is 5.73. The number of piperidine rings is 1. The Morgan fingerprint density at radius 2 is 1.66 bits per heavy atom. The zero-order chi connectivity index (χ0) is 22.7. The minimum absolute atomic E-state index is 0.118. The second kappa shape index (κ2) is 9.09. The number of carbonyl (C=O) groups is 1. The predicted molar refractivity (Wildman–Crippen MR) is 120 cm³/mol. The molecule has 0 saturated carbocycles. The number of aromatic amines is 1. The maximum atomic E-state index is 12.7. The molecule has 1 fully saturated rings. The van der Waals surface area contributed by atoms with Crippen LogP contribution in [0.3, 0.4) is 0 Å². The van der Waals surface area contributed by atoms with Gasteiger partial charge in [-0.05, 0) is 43.0 Å². The van der Waals surface area contributed by atoms with Crippen molar-refractivity contribution in [1.29, 1.82) is 0 Å². The summed E-state index contributed by atoms with van der Waals surface area (Å²) in [6.45, 7) is 0.738. The van der Waals surface area contributed by atoms with E-state index < -0.39 is 27.2 Å². The first-order valence-corrected chi connectivity index (χ1v) is 11.8. The average Bonchev–Trinajstić information content (AvgIpc) is 2.81. The Hall–Kier alpha value is -3.24. The molecule has 4 rings (SSSR count). The molecule has 0 unspecified atom stereocenters. The normalized spacial score (nSPS) is 15.6. The molecule has 2 N–H and O–H groups in total. The number of amides is 1. The van der Waals surface area contributed by atoms with Gasteiger partial charge in [-0.2, -0.15) is 4.31 Å². The Labute approximate surface area is 184 Å². The van der Waals surface area contributed by atoms with E-state index in [9.17, 15) is 22.8 Å². The van der Waals surface area contributed by atoms with Gasteiger partial charge >= 0.3 is 5.69 Å². The molecule has 0 bridgehead atoms. The summed E-state index contributed by atoms with van der Waals surface area (Å²) in [5, 5.41) is 3.11. The van der Waals surface area contributed by atoms with E-state index in [1.165, 1.54) is 4.31 Å². The monoisotopic (exact) mass is 456 g/mol. The van der Waals surface area contributed by atoms with E-state index in [1.807, 2.05) is 0 Å². The van der Waals surface area contributed by atoms with Gasteiger partial charge in [-0.15, -0.1) is 0 Å². The molecule has 1 saturated heterocycles. The highest BCUT2D eigenvalue weighted by Gasteiger charge is 2.29. The third kappa shape index (κ3) is 4.51. The van der Waals surface area contributed by atoms with Crippen LogP contribution in [0.1, 0.15) is 12.8 Å². The first kappa shape index (κ1) is 22.0. The van der Waals surface area contributed by atoms with E-state index in [1.54, 1.807) is 54.6 Å². The van der Waals surface area contributed by atoms with Gasteiger partial charge in [0.25, 0.3) is 5.56 Å². The van der Waals surface area contributed by atoms with Crippen molar-refractivity contribution in [2.75, 3.05) is 19.6 Å². The van der Waals surface area contributed by atoms with Gasteiger partial charge in [-0.3, -0.25) is 14.2 Å². The molecule has 3 aromatic rings. The van der Waals surface area contributed by atoms with Crippen molar-refractivity contribution in [3.05, 3.63) is 75.4 Å². The zero-order valence-corrected chi connectivity index (χ0v) is 18.2. The molecule has 2 heterocycles. The number of sulfonamides is 1. The van der Waals surface area contributed by atoms with E-state index in [0.29, 0.717) is 43.4 Å². The van der Waals surface area contributed by atoms with Crippen LogP contribution >= 0.6 is 0 Å². The summed E-state index contributed by atoms with van der Waals surface area (Å²) >= 11 is 0. The van der Waals surface area contributed by atoms with Gasteiger partial charge in [0.15, 0.2) is 0 Å². The Kier molecular flexibility index (Phi) is 6.24. The van der Waals surface area contributed by atoms with E-state index >= 15 is 0 Å². The number of nitrogens with one attached hydrogen (secondary N) is 2. The second-order valence-electron chi connectivity index (χ2n) is 7.83. The molecule has 10 heteroatoms. The van der Waals surface area contributed by atoms with Crippen LogP contribution in [0.2, 0.25) is 0 Å². The number of fused-ring (bicyclic) bond motifs is 1. The van der Waals surface area contributed by atoms with Gasteiger partial charge in [0.05, 0.1) is 15.8 Å². The first-order chi connectivity index (χ1) is 15.4. The van der Waals surface area contributed by atoms with Gasteiger partial charge < -0.3 is 10.3 Å². The fourth-order valence-electron chi connectivity index (χ4n) is 3.90. The molecule has 1 aliphatic heterocycles. The Morgan fingerprint density at radius 1 is 1.00 bits per heavy atom. The highest BCUT2D eigenvalue weighted by atomic mass is 32.2. The number of nitrogens with zero attached hydrogens (tertiary/aromatic N) is 2. The largest absolute Gasteiger partial charge is 0.354 e. The van der Waals surface area contributed by atoms with Crippen LogP contribution in [0, 0.1) is 5.92 Å². The fraction of sp³-hybridized carbons (Fsp3) is 0.318. The van der Waals surface area contributed by atoms with Crippen molar-refractivity contribution in [1.82, 2.24) is 19.2 Å². The van der Waals surface area contributed by atoms with Gasteiger partial charge in [0, 0.05) is 19.6 Å². The molecule has 0 spiro atoms. The number of H-pyrrole nitrogens is 1. The number of para-hydroxylation sites is 1. The van der Waals surface area contributed by atoms with E-state index in [0.717, 1.165) is 4.57 Å². The average molecular weight is 457 g/mol. The lowest BCUT2D eigenvalue weighted by molar-refractivity contribution is -0.122. The summed E-state index contributed by atoms with van der Waals surface area (Å²) in [4.78, 5) is 40.0. The molecule has 9 nitrogen and oxygen atoms in total. The van der Waals surface area contributed by atoms with Crippen molar-refractivity contribution < 1.29 is 13.2 Å². The standard InChI is InChI=1S/C22H24N4O5S/c27-20(15-26-21(28)18-8-4-5-9-19(18)24-22(26)29)23-14-16-10-12-25(13-11-16)32(30,31)17-6-2-1-3-7-17/h1-9,16H,10-15H2,(H,23,27)(H,24,29). The second-order valence-corrected chi connectivity index (χ2v) is 9.77. The molecular weight excluding hydrogens is 432 g/mol. The highest BCUT2D eigenvalue weighted by Crippen LogP contribution is 2.23. The number of hydrogen-bond acceptors (Lipinski definition) is 5. The van der Waals surface area contributed by atoms with Crippen LogP contribution in [0.4, 0.5) is 0 Å². The molecule has 1 amide bonds. The smallest absolute Gasteiger partial charge is 0.329 e. The molecule has 32 heavy (non-hydrogen) atoms. The van der Waals surface area contributed by atoms with Crippen LogP contribution in [0.5, 0.6) is 0 Å². The lowest BCUT2D eigenvalue weighted by Gasteiger charge is -2.31. The zero-order valence-electron chi connectivity index (χ0n) is 17.4. The summed E-state index contributed by atoms with van der Waals surface area (Å²) < 4.78 is 27.8. The lowest BCUT2D eigenvalue weighted by atomic mass is 9.98. The van der Waals surface area contributed by atoms with Crippen LogP contribution in [0.15, 0.2) is 69.1 Å². The van der Waals surface area contributed by atoms with Crippen LogP contribution < -0.4 is 16.6 Å². The SMILES string of the molecule is O=C(Cn1c(=O)[nH]c2ccccc2c1=O)NCC1CCN(S(=O)(=O)c2ccccc2)CC1.